The molecule has 76 valence electrons. The molecule has 0 saturated heterocycles. The summed E-state index contributed by atoms with van der Waals surface area (Å²) in [6, 6.07) is 0. The van der Waals surface area contributed by atoms with Crippen molar-refractivity contribution in [1.29, 1.82) is 0 Å². The van der Waals surface area contributed by atoms with Crippen LogP contribution in [-0.4, -0.2) is 43.5 Å². The van der Waals surface area contributed by atoms with Crippen LogP contribution in [0.4, 0.5) is 0 Å². The van der Waals surface area contributed by atoms with Gasteiger partial charge in [-0.2, -0.15) is 0 Å². The molecule has 0 aromatic carbocycles. The van der Waals surface area contributed by atoms with Crippen LogP contribution in [0.2, 0.25) is 0 Å². The normalized spacial score (nSPS) is 10.1. The summed E-state index contributed by atoms with van der Waals surface area (Å²) in [6.07, 6.45) is 0.289. The van der Waals surface area contributed by atoms with Gasteiger partial charge in [0.1, 0.15) is 0 Å². The number of primary amides is 1. The third-order valence-electron chi connectivity index (χ3n) is 1.43. The Kier molecular flexibility index (Phi) is 5.88. The summed E-state index contributed by atoms with van der Waals surface area (Å²) in [5.41, 5.74) is 4.96. The lowest BCUT2D eigenvalue weighted by molar-refractivity contribution is -0.143. The standard InChI is InChI=1S/C8H16N2O3/c1-3-13-8(12)4-5-10(2)6-7(9)11/h3-6H2,1-2H3,(H2,9,11). The van der Waals surface area contributed by atoms with Gasteiger partial charge in [0.25, 0.3) is 0 Å². The number of nitrogens with two attached hydrogens (primary N) is 1. The minimum atomic E-state index is -0.397. The van der Waals surface area contributed by atoms with E-state index in [-0.39, 0.29) is 18.9 Å². The van der Waals surface area contributed by atoms with E-state index in [0.29, 0.717) is 13.2 Å². The molecule has 0 bridgehead atoms. The fourth-order valence-corrected chi connectivity index (χ4v) is 0.860. The number of nitrogens with zero attached hydrogens (tertiary/aromatic N) is 1. The summed E-state index contributed by atoms with van der Waals surface area (Å²) in [6.45, 7) is 2.80. The van der Waals surface area contributed by atoms with Crippen molar-refractivity contribution in [3.8, 4) is 0 Å². The molecule has 0 unspecified atom stereocenters. The van der Waals surface area contributed by atoms with E-state index in [1.165, 1.54) is 0 Å². The second-order valence-electron chi connectivity index (χ2n) is 2.76. The maximum Gasteiger partial charge on any atom is 0.307 e. The van der Waals surface area contributed by atoms with E-state index in [4.69, 9.17) is 10.5 Å². The molecule has 5 heteroatoms. The van der Waals surface area contributed by atoms with Gasteiger partial charge < -0.3 is 10.5 Å². The maximum atomic E-state index is 10.9. The summed E-state index contributed by atoms with van der Waals surface area (Å²) in [7, 11) is 1.73. The molecule has 0 aliphatic rings. The molecule has 0 heterocycles. The first-order valence-electron chi connectivity index (χ1n) is 4.18. The van der Waals surface area contributed by atoms with Gasteiger partial charge >= 0.3 is 5.97 Å². The van der Waals surface area contributed by atoms with Crippen molar-refractivity contribution in [2.24, 2.45) is 5.73 Å². The van der Waals surface area contributed by atoms with Crippen LogP contribution in [0.15, 0.2) is 0 Å². The number of esters is 1. The van der Waals surface area contributed by atoms with Crippen molar-refractivity contribution in [2.45, 2.75) is 13.3 Å². The molecule has 0 spiro atoms. The number of rotatable bonds is 6. The molecule has 1 amide bonds. The van der Waals surface area contributed by atoms with Crippen molar-refractivity contribution in [3.05, 3.63) is 0 Å². The summed E-state index contributed by atoms with van der Waals surface area (Å²) in [5, 5.41) is 0. The lowest BCUT2D eigenvalue weighted by atomic mass is 10.4. The van der Waals surface area contributed by atoms with Crippen LogP contribution in [0.25, 0.3) is 0 Å². The number of ether oxygens (including phenoxy) is 1. The van der Waals surface area contributed by atoms with E-state index in [9.17, 15) is 9.59 Å². The summed E-state index contributed by atoms with van der Waals surface area (Å²) >= 11 is 0. The van der Waals surface area contributed by atoms with Crippen LogP contribution in [-0.2, 0) is 14.3 Å². The monoisotopic (exact) mass is 188 g/mol. The van der Waals surface area contributed by atoms with Crippen molar-refractivity contribution in [2.75, 3.05) is 26.7 Å². The highest BCUT2D eigenvalue weighted by molar-refractivity contribution is 5.76. The zero-order chi connectivity index (χ0) is 10.3. The minimum absolute atomic E-state index is 0.166. The molecule has 0 saturated carbocycles. The van der Waals surface area contributed by atoms with Crippen LogP contribution in [0, 0.1) is 0 Å². The number of carbonyl (C=O) groups is 2. The van der Waals surface area contributed by atoms with Gasteiger partial charge in [-0.15, -0.1) is 0 Å². The predicted octanol–water partition coefficient (Wildman–Crippen LogP) is -0.643. The van der Waals surface area contributed by atoms with Gasteiger partial charge in [0, 0.05) is 6.54 Å². The van der Waals surface area contributed by atoms with Gasteiger partial charge in [-0.25, -0.2) is 0 Å². The summed E-state index contributed by atoms with van der Waals surface area (Å²) in [5.74, 6) is -0.648. The quantitative estimate of drug-likeness (QED) is 0.562. The Morgan fingerprint density at radius 2 is 2.08 bits per heavy atom. The van der Waals surface area contributed by atoms with Gasteiger partial charge in [-0.1, -0.05) is 0 Å². The van der Waals surface area contributed by atoms with Crippen LogP contribution < -0.4 is 5.73 Å². The molecule has 0 aromatic heterocycles. The highest BCUT2D eigenvalue weighted by Gasteiger charge is 2.06. The zero-order valence-electron chi connectivity index (χ0n) is 8.08. The first-order chi connectivity index (χ1) is 6.06. The SMILES string of the molecule is CCOC(=O)CCN(C)CC(N)=O. The lowest BCUT2D eigenvalue weighted by Crippen LogP contribution is -2.32. The summed E-state index contributed by atoms with van der Waals surface area (Å²) < 4.78 is 4.72. The van der Waals surface area contributed by atoms with Crippen LogP contribution in [0.3, 0.4) is 0 Å². The second kappa shape index (κ2) is 6.42. The summed E-state index contributed by atoms with van der Waals surface area (Å²) in [4.78, 5) is 23.0. The number of hydrogen-bond acceptors (Lipinski definition) is 4. The molecular formula is C8H16N2O3. The van der Waals surface area contributed by atoms with Crippen molar-refractivity contribution < 1.29 is 14.3 Å². The highest BCUT2D eigenvalue weighted by Crippen LogP contribution is 1.90. The van der Waals surface area contributed by atoms with E-state index in [0.717, 1.165) is 0 Å². The van der Waals surface area contributed by atoms with E-state index < -0.39 is 5.91 Å². The van der Waals surface area contributed by atoms with E-state index in [2.05, 4.69) is 0 Å². The van der Waals surface area contributed by atoms with Gasteiger partial charge in [0.15, 0.2) is 0 Å². The van der Waals surface area contributed by atoms with Crippen molar-refractivity contribution >= 4 is 11.9 Å². The molecule has 0 radical (unpaired) electrons. The number of carbonyl (C=O) groups excluding carboxylic acids is 2. The molecule has 0 atom stereocenters. The highest BCUT2D eigenvalue weighted by atomic mass is 16.5. The van der Waals surface area contributed by atoms with Crippen molar-refractivity contribution in [1.82, 2.24) is 4.90 Å². The molecule has 5 nitrogen and oxygen atoms in total. The lowest BCUT2D eigenvalue weighted by Gasteiger charge is -2.13. The van der Waals surface area contributed by atoms with Crippen LogP contribution in [0.1, 0.15) is 13.3 Å². The van der Waals surface area contributed by atoms with Gasteiger partial charge in [0.05, 0.1) is 19.6 Å². The number of amides is 1. The molecule has 0 rings (SSSR count). The molecule has 0 fully saturated rings. The van der Waals surface area contributed by atoms with Crippen LogP contribution in [0.5, 0.6) is 0 Å². The molecule has 0 aliphatic carbocycles. The zero-order valence-corrected chi connectivity index (χ0v) is 8.08. The first-order valence-corrected chi connectivity index (χ1v) is 4.18. The molecule has 0 aromatic rings. The predicted molar refractivity (Wildman–Crippen MR) is 47.9 cm³/mol. The van der Waals surface area contributed by atoms with E-state index in [1.807, 2.05) is 0 Å². The fourth-order valence-electron chi connectivity index (χ4n) is 0.860. The fraction of sp³-hybridized carbons (Fsp3) is 0.750. The Bertz CT molecular complexity index is 182. The van der Waals surface area contributed by atoms with Crippen LogP contribution >= 0.6 is 0 Å². The molecule has 2 N–H and O–H groups in total. The Morgan fingerprint density at radius 1 is 1.46 bits per heavy atom. The third-order valence-corrected chi connectivity index (χ3v) is 1.43. The van der Waals surface area contributed by atoms with Gasteiger partial charge in [-0.3, -0.25) is 14.5 Å². The van der Waals surface area contributed by atoms with E-state index in [1.54, 1.807) is 18.9 Å². The third kappa shape index (κ3) is 7.27. The Balaban J connectivity index is 3.51. The average Bonchev–Trinajstić information content (AvgIpc) is 2.00. The Hall–Kier alpha value is -1.10. The van der Waals surface area contributed by atoms with E-state index >= 15 is 0 Å². The smallest absolute Gasteiger partial charge is 0.307 e. The van der Waals surface area contributed by atoms with Crippen molar-refractivity contribution in [3.63, 3.8) is 0 Å². The maximum absolute atomic E-state index is 10.9. The number of likely N-dealkylation sites (N-methyl/N-ethyl adjacent to an activating group) is 1. The van der Waals surface area contributed by atoms with Gasteiger partial charge in [0.2, 0.25) is 5.91 Å². The molecule has 13 heavy (non-hydrogen) atoms. The largest absolute Gasteiger partial charge is 0.466 e. The first kappa shape index (κ1) is 11.9. The van der Waals surface area contributed by atoms with Gasteiger partial charge in [-0.05, 0) is 14.0 Å². The Morgan fingerprint density at radius 3 is 2.54 bits per heavy atom. The topological polar surface area (TPSA) is 72.6 Å². The minimum Gasteiger partial charge on any atom is -0.466 e. The average molecular weight is 188 g/mol. The molecule has 0 aliphatic heterocycles. The molecular weight excluding hydrogens is 172 g/mol. The second-order valence-corrected chi connectivity index (χ2v) is 2.76. The number of hydrogen-bond donors (Lipinski definition) is 1. The Labute approximate surface area is 77.8 Å².